The number of hydrogen-bond donors (Lipinski definition) is 1. The molecule has 7 heteroatoms. The topological polar surface area (TPSA) is 74.7 Å². The quantitative estimate of drug-likeness (QED) is 0.518. The zero-order valence-corrected chi connectivity index (χ0v) is 13.5. The molecular formula is C15H13NO4S2. The average molecular weight is 335 g/mol. The minimum Gasteiger partial charge on any atom is -0.480 e. The van der Waals surface area contributed by atoms with E-state index in [0.717, 1.165) is 28.5 Å². The van der Waals surface area contributed by atoms with E-state index in [-0.39, 0.29) is 4.32 Å². The lowest BCUT2D eigenvalue weighted by atomic mass is 10.0. The highest BCUT2D eigenvalue weighted by atomic mass is 32.2. The van der Waals surface area contributed by atoms with Crippen molar-refractivity contribution in [3.63, 3.8) is 0 Å². The molecule has 1 heterocycles. The van der Waals surface area contributed by atoms with Crippen LogP contribution in [0.5, 0.6) is 0 Å². The minimum absolute atomic E-state index is 0.216. The Kier molecular flexibility index (Phi) is 4.48. The van der Waals surface area contributed by atoms with Gasteiger partial charge in [0.05, 0.1) is 4.91 Å². The van der Waals surface area contributed by atoms with Crippen molar-refractivity contribution in [2.75, 3.05) is 0 Å². The Labute approximate surface area is 137 Å². The van der Waals surface area contributed by atoms with Gasteiger partial charge in [-0.3, -0.25) is 14.5 Å². The lowest BCUT2D eigenvalue weighted by molar-refractivity contribution is -0.150. The van der Waals surface area contributed by atoms with Crippen molar-refractivity contribution in [1.29, 1.82) is 0 Å². The zero-order valence-electron chi connectivity index (χ0n) is 11.9. The number of aldehydes is 1. The molecular weight excluding hydrogens is 322 g/mol. The van der Waals surface area contributed by atoms with Crippen LogP contribution < -0.4 is 0 Å². The second-order valence-electron chi connectivity index (χ2n) is 5.17. The van der Waals surface area contributed by atoms with Gasteiger partial charge in [-0.2, -0.15) is 0 Å². The number of benzene rings is 1. The molecule has 2 rings (SSSR count). The molecule has 1 aliphatic heterocycles. The van der Waals surface area contributed by atoms with Gasteiger partial charge in [-0.05, 0) is 25.5 Å². The molecule has 0 unspecified atom stereocenters. The number of carboxylic acids is 1. The molecule has 0 bridgehead atoms. The van der Waals surface area contributed by atoms with Crippen LogP contribution in [0.1, 0.15) is 29.8 Å². The van der Waals surface area contributed by atoms with E-state index in [1.54, 1.807) is 30.3 Å². The first-order valence-corrected chi connectivity index (χ1v) is 7.56. The second-order valence-corrected chi connectivity index (χ2v) is 6.84. The third kappa shape index (κ3) is 2.95. The van der Waals surface area contributed by atoms with Gasteiger partial charge < -0.3 is 5.11 Å². The molecule has 0 aromatic heterocycles. The van der Waals surface area contributed by atoms with Crippen LogP contribution in [-0.2, 0) is 9.59 Å². The van der Waals surface area contributed by atoms with Gasteiger partial charge in [0.2, 0.25) is 0 Å². The summed E-state index contributed by atoms with van der Waals surface area (Å²) in [6.45, 7) is 2.86. The number of hydrogen-bond acceptors (Lipinski definition) is 5. The summed E-state index contributed by atoms with van der Waals surface area (Å²) < 4.78 is 0.216. The normalized spacial score (nSPS) is 17.2. The summed E-state index contributed by atoms with van der Waals surface area (Å²) in [5.41, 5.74) is -0.131. The van der Waals surface area contributed by atoms with E-state index in [9.17, 15) is 19.5 Å². The highest BCUT2D eigenvalue weighted by Gasteiger charge is 2.46. The van der Waals surface area contributed by atoms with Crippen molar-refractivity contribution in [2.45, 2.75) is 19.4 Å². The number of carboxylic acid groups (broad SMARTS) is 1. The minimum atomic E-state index is -1.40. The highest BCUT2D eigenvalue weighted by Crippen LogP contribution is 2.37. The van der Waals surface area contributed by atoms with Crippen LogP contribution in [0.3, 0.4) is 0 Å². The molecule has 1 aromatic rings. The Morgan fingerprint density at radius 1 is 1.27 bits per heavy atom. The number of aliphatic carboxylic acids is 1. The molecule has 1 aliphatic rings. The Morgan fingerprint density at radius 2 is 1.82 bits per heavy atom. The summed E-state index contributed by atoms with van der Waals surface area (Å²) in [4.78, 5) is 35.8. The van der Waals surface area contributed by atoms with Crippen LogP contribution in [0.15, 0.2) is 29.2 Å². The predicted octanol–water partition coefficient (Wildman–Crippen LogP) is 2.56. The monoisotopic (exact) mass is 335 g/mol. The van der Waals surface area contributed by atoms with Crippen molar-refractivity contribution in [3.05, 3.63) is 40.3 Å². The molecule has 5 nitrogen and oxygen atoms in total. The first-order valence-electron chi connectivity index (χ1n) is 6.34. The van der Waals surface area contributed by atoms with E-state index in [2.05, 4.69) is 0 Å². The van der Waals surface area contributed by atoms with E-state index in [0.29, 0.717) is 10.5 Å². The lowest BCUT2D eigenvalue weighted by Crippen LogP contribution is -2.52. The van der Waals surface area contributed by atoms with Crippen LogP contribution in [-0.4, -0.2) is 38.0 Å². The fraction of sp³-hybridized carbons (Fsp3) is 0.200. The van der Waals surface area contributed by atoms with Crippen molar-refractivity contribution < 1.29 is 19.5 Å². The second kappa shape index (κ2) is 6.02. The number of amides is 1. The SMILES string of the molecule is CC(C)(C(=O)O)N1C(=O)C(=Cc2ccc(C=O)cc2)SC1=S. The van der Waals surface area contributed by atoms with Crippen LogP contribution in [0, 0.1) is 0 Å². The zero-order chi connectivity index (χ0) is 16.5. The Bertz CT molecular complexity index is 692. The fourth-order valence-electron chi connectivity index (χ4n) is 1.87. The summed E-state index contributed by atoms with van der Waals surface area (Å²) in [6, 6.07) is 6.69. The van der Waals surface area contributed by atoms with E-state index >= 15 is 0 Å². The first kappa shape index (κ1) is 16.4. The molecule has 1 fully saturated rings. The number of thioether (sulfide) groups is 1. The largest absolute Gasteiger partial charge is 0.480 e. The maximum atomic E-state index is 12.4. The molecule has 0 spiro atoms. The molecule has 1 saturated heterocycles. The Balaban J connectivity index is 2.33. The van der Waals surface area contributed by atoms with Gasteiger partial charge in [0.1, 0.15) is 16.1 Å². The summed E-state index contributed by atoms with van der Waals surface area (Å²) in [5.74, 6) is -1.55. The summed E-state index contributed by atoms with van der Waals surface area (Å²) in [7, 11) is 0. The summed E-state index contributed by atoms with van der Waals surface area (Å²) >= 11 is 6.20. The third-order valence-corrected chi connectivity index (χ3v) is 4.55. The summed E-state index contributed by atoms with van der Waals surface area (Å²) in [6.07, 6.45) is 2.37. The van der Waals surface area contributed by atoms with Gasteiger partial charge in [0.15, 0.2) is 0 Å². The molecule has 0 atom stereocenters. The first-order chi connectivity index (χ1) is 10.3. The van der Waals surface area contributed by atoms with Crippen molar-refractivity contribution in [2.24, 2.45) is 0 Å². The van der Waals surface area contributed by atoms with E-state index in [1.807, 2.05) is 0 Å². The number of carbonyl (C=O) groups is 3. The van der Waals surface area contributed by atoms with Crippen molar-refractivity contribution >= 4 is 52.5 Å². The van der Waals surface area contributed by atoms with Crippen LogP contribution in [0.25, 0.3) is 6.08 Å². The molecule has 0 saturated carbocycles. The molecule has 0 aliphatic carbocycles. The van der Waals surface area contributed by atoms with Gasteiger partial charge in [-0.25, -0.2) is 4.79 Å². The van der Waals surface area contributed by atoms with Crippen molar-refractivity contribution in [3.8, 4) is 0 Å². The van der Waals surface area contributed by atoms with E-state index < -0.39 is 17.4 Å². The molecule has 1 amide bonds. The van der Waals surface area contributed by atoms with Crippen LogP contribution in [0.4, 0.5) is 0 Å². The smallest absolute Gasteiger partial charge is 0.329 e. The average Bonchev–Trinajstić information content (AvgIpc) is 2.74. The van der Waals surface area contributed by atoms with Crippen molar-refractivity contribution in [1.82, 2.24) is 4.90 Å². The van der Waals surface area contributed by atoms with E-state index in [4.69, 9.17) is 12.2 Å². The van der Waals surface area contributed by atoms with Gasteiger partial charge in [0.25, 0.3) is 5.91 Å². The van der Waals surface area contributed by atoms with Gasteiger partial charge in [0, 0.05) is 5.56 Å². The third-order valence-electron chi connectivity index (χ3n) is 3.25. The molecule has 1 aromatic carbocycles. The molecule has 114 valence electrons. The number of rotatable bonds is 4. The van der Waals surface area contributed by atoms with E-state index in [1.165, 1.54) is 13.8 Å². The Hall–Kier alpha value is -1.99. The number of carbonyl (C=O) groups excluding carboxylic acids is 2. The van der Waals surface area contributed by atoms with Gasteiger partial charge >= 0.3 is 5.97 Å². The van der Waals surface area contributed by atoms with Crippen LogP contribution in [0.2, 0.25) is 0 Å². The fourth-order valence-corrected chi connectivity index (χ4v) is 3.41. The molecule has 0 radical (unpaired) electrons. The predicted molar refractivity (Wildman–Crippen MR) is 88.6 cm³/mol. The maximum Gasteiger partial charge on any atom is 0.329 e. The van der Waals surface area contributed by atoms with Crippen LogP contribution >= 0.6 is 24.0 Å². The molecule has 22 heavy (non-hydrogen) atoms. The lowest BCUT2D eigenvalue weighted by Gasteiger charge is -2.29. The highest BCUT2D eigenvalue weighted by molar-refractivity contribution is 8.26. The standard InChI is InChI=1S/C15H13NO4S2/c1-15(2,13(19)20)16-12(18)11(22-14(16)21)7-9-3-5-10(8-17)6-4-9/h3-8H,1-2H3,(H,19,20). The molecule has 1 N–H and O–H groups in total. The number of thiocarbonyl (C=S) groups is 1. The van der Waals surface area contributed by atoms with Gasteiger partial charge in [-0.15, -0.1) is 0 Å². The summed E-state index contributed by atoms with van der Waals surface area (Å²) in [5, 5.41) is 9.26. The van der Waals surface area contributed by atoms with Gasteiger partial charge in [-0.1, -0.05) is 48.2 Å². The maximum absolute atomic E-state index is 12.4. The number of nitrogens with zero attached hydrogens (tertiary/aromatic N) is 1. The Morgan fingerprint density at radius 3 is 2.32 bits per heavy atom.